The Balaban J connectivity index is 2.11. The number of nitrogens with one attached hydrogen (secondary N) is 1. The van der Waals surface area contributed by atoms with Crippen LogP contribution in [0, 0.1) is 12.7 Å². The summed E-state index contributed by atoms with van der Waals surface area (Å²) in [6, 6.07) is 6.20. The summed E-state index contributed by atoms with van der Waals surface area (Å²) >= 11 is 1.25. The standard InChI is InChI=1S/C14H15FN2O2S/c1-3-19-14(18)13-12(9(2)20-17-13)16-8-10-4-6-11(15)7-5-10/h4-7,16H,3,8H2,1-2H3. The van der Waals surface area contributed by atoms with Crippen molar-refractivity contribution in [2.24, 2.45) is 0 Å². The van der Waals surface area contributed by atoms with Gasteiger partial charge in [-0.1, -0.05) is 12.1 Å². The van der Waals surface area contributed by atoms with Gasteiger partial charge in [0.05, 0.1) is 12.3 Å². The smallest absolute Gasteiger partial charge is 0.360 e. The molecule has 0 saturated heterocycles. The summed E-state index contributed by atoms with van der Waals surface area (Å²) in [4.78, 5) is 12.7. The molecule has 1 N–H and O–H groups in total. The summed E-state index contributed by atoms with van der Waals surface area (Å²) in [6.45, 7) is 4.44. The molecule has 106 valence electrons. The van der Waals surface area contributed by atoms with Crippen molar-refractivity contribution in [3.63, 3.8) is 0 Å². The van der Waals surface area contributed by atoms with E-state index in [9.17, 15) is 9.18 Å². The molecule has 0 bridgehead atoms. The van der Waals surface area contributed by atoms with Crippen LogP contribution in [0.25, 0.3) is 0 Å². The monoisotopic (exact) mass is 294 g/mol. The third kappa shape index (κ3) is 3.33. The van der Waals surface area contributed by atoms with Crippen molar-refractivity contribution in [2.45, 2.75) is 20.4 Å². The number of halogens is 1. The zero-order chi connectivity index (χ0) is 14.5. The quantitative estimate of drug-likeness (QED) is 0.859. The van der Waals surface area contributed by atoms with E-state index in [1.165, 1.54) is 23.7 Å². The van der Waals surface area contributed by atoms with E-state index in [2.05, 4.69) is 9.69 Å². The van der Waals surface area contributed by atoms with Gasteiger partial charge in [0.15, 0.2) is 5.69 Å². The van der Waals surface area contributed by atoms with Crippen molar-refractivity contribution in [3.8, 4) is 0 Å². The number of hydrogen-bond acceptors (Lipinski definition) is 5. The number of nitrogens with zero attached hydrogens (tertiary/aromatic N) is 1. The molecule has 0 unspecified atom stereocenters. The molecule has 0 aliphatic heterocycles. The topological polar surface area (TPSA) is 51.2 Å². The molecule has 2 rings (SSSR count). The molecule has 0 amide bonds. The lowest BCUT2D eigenvalue weighted by Crippen LogP contribution is -2.09. The van der Waals surface area contributed by atoms with E-state index in [4.69, 9.17) is 4.74 Å². The SMILES string of the molecule is CCOC(=O)c1nsc(C)c1NCc1ccc(F)cc1. The minimum atomic E-state index is -0.432. The summed E-state index contributed by atoms with van der Waals surface area (Å²) in [5, 5.41) is 3.16. The molecule has 0 aliphatic carbocycles. The maximum absolute atomic E-state index is 12.8. The number of rotatable bonds is 5. The lowest BCUT2D eigenvalue weighted by Gasteiger charge is -2.08. The van der Waals surface area contributed by atoms with Crippen LogP contribution in [0.5, 0.6) is 0 Å². The Hall–Kier alpha value is -1.95. The van der Waals surface area contributed by atoms with E-state index in [1.807, 2.05) is 6.92 Å². The van der Waals surface area contributed by atoms with Gasteiger partial charge in [0, 0.05) is 11.4 Å². The lowest BCUT2D eigenvalue weighted by atomic mass is 10.2. The molecule has 0 fully saturated rings. The number of benzene rings is 1. The van der Waals surface area contributed by atoms with Gasteiger partial charge in [0.1, 0.15) is 5.82 Å². The third-order valence-electron chi connectivity index (χ3n) is 2.71. The van der Waals surface area contributed by atoms with Gasteiger partial charge in [-0.05, 0) is 43.1 Å². The minimum absolute atomic E-state index is 0.269. The first-order valence-electron chi connectivity index (χ1n) is 6.23. The maximum Gasteiger partial charge on any atom is 0.360 e. The highest BCUT2D eigenvalue weighted by Crippen LogP contribution is 2.25. The van der Waals surface area contributed by atoms with Crippen LogP contribution in [0.1, 0.15) is 27.9 Å². The maximum atomic E-state index is 12.8. The Morgan fingerprint density at radius 3 is 2.75 bits per heavy atom. The number of ether oxygens (including phenoxy) is 1. The highest BCUT2D eigenvalue weighted by molar-refractivity contribution is 7.06. The fourth-order valence-corrected chi connectivity index (χ4v) is 2.37. The van der Waals surface area contributed by atoms with Crippen LogP contribution in [0.2, 0.25) is 0 Å². The fraction of sp³-hybridized carbons (Fsp3) is 0.286. The summed E-state index contributed by atoms with van der Waals surface area (Å²) in [5.41, 5.74) is 1.90. The number of anilines is 1. The number of carbonyl (C=O) groups is 1. The van der Waals surface area contributed by atoms with E-state index >= 15 is 0 Å². The number of hydrogen-bond donors (Lipinski definition) is 1. The third-order valence-corrected chi connectivity index (χ3v) is 3.47. The second-order valence-corrected chi connectivity index (χ2v) is 5.14. The van der Waals surface area contributed by atoms with Gasteiger partial charge in [-0.25, -0.2) is 9.18 Å². The van der Waals surface area contributed by atoms with E-state index in [-0.39, 0.29) is 5.82 Å². The van der Waals surface area contributed by atoms with E-state index in [1.54, 1.807) is 19.1 Å². The second-order valence-electron chi connectivity index (χ2n) is 4.16. The van der Waals surface area contributed by atoms with Crippen molar-refractivity contribution >= 4 is 23.2 Å². The van der Waals surface area contributed by atoms with Crippen molar-refractivity contribution in [2.75, 3.05) is 11.9 Å². The van der Waals surface area contributed by atoms with Crippen LogP contribution in [0.15, 0.2) is 24.3 Å². The predicted octanol–water partition coefficient (Wildman–Crippen LogP) is 3.38. The van der Waals surface area contributed by atoms with Gasteiger partial charge < -0.3 is 10.1 Å². The van der Waals surface area contributed by atoms with Gasteiger partial charge in [0.2, 0.25) is 0 Å². The molecule has 6 heteroatoms. The number of aryl methyl sites for hydroxylation is 1. The minimum Gasteiger partial charge on any atom is -0.461 e. The van der Waals surface area contributed by atoms with Crippen LogP contribution in [0.3, 0.4) is 0 Å². The molecule has 0 atom stereocenters. The Labute approximate surface area is 120 Å². The Kier molecular flexibility index (Phi) is 4.68. The average Bonchev–Trinajstić information content (AvgIpc) is 2.80. The Bertz CT molecular complexity index is 596. The highest BCUT2D eigenvalue weighted by atomic mass is 32.1. The van der Waals surface area contributed by atoms with E-state index < -0.39 is 5.97 Å². The summed E-state index contributed by atoms with van der Waals surface area (Å²) in [6.07, 6.45) is 0. The molecule has 0 saturated carbocycles. The molecule has 0 spiro atoms. The summed E-state index contributed by atoms with van der Waals surface area (Å²) in [5.74, 6) is -0.701. The molecule has 20 heavy (non-hydrogen) atoms. The fourth-order valence-electron chi connectivity index (χ4n) is 1.71. The molecular formula is C14H15FN2O2S. The van der Waals surface area contributed by atoms with Crippen molar-refractivity contribution in [1.29, 1.82) is 0 Å². The lowest BCUT2D eigenvalue weighted by molar-refractivity contribution is 0.0522. The first-order valence-corrected chi connectivity index (χ1v) is 7.01. The second kappa shape index (κ2) is 6.47. The van der Waals surface area contributed by atoms with Crippen LogP contribution < -0.4 is 5.32 Å². The van der Waals surface area contributed by atoms with Gasteiger partial charge in [-0.15, -0.1) is 0 Å². The number of aromatic nitrogens is 1. The molecule has 4 nitrogen and oxygen atoms in total. The van der Waals surface area contributed by atoms with Crippen molar-refractivity contribution in [1.82, 2.24) is 4.37 Å². The summed E-state index contributed by atoms with van der Waals surface area (Å²) in [7, 11) is 0. The van der Waals surface area contributed by atoms with E-state index in [0.29, 0.717) is 24.5 Å². The van der Waals surface area contributed by atoms with Crippen LogP contribution >= 0.6 is 11.5 Å². The molecule has 1 aromatic heterocycles. The van der Waals surface area contributed by atoms with Gasteiger partial charge >= 0.3 is 5.97 Å². The van der Waals surface area contributed by atoms with Crippen LogP contribution in [0.4, 0.5) is 10.1 Å². The number of esters is 1. The van der Waals surface area contributed by atoms with Crippen molar-refractivity contribution in [3.05, 3.63) is 46.2 Å². The van der Waals surface area contributed by atoms with E-state index in [0.717, 1.165) is 10.4 Å². The number of carbonyl (C=O) groups excluding carboxylic acids is 1. The molecule has 2 aromatic rings. The predicted molar refractivity (Wildman–Crippen MR) is 76.5 cm³/mol. The Morgan fingerprint density at radius 2 is 2.10 bits per heavy atom. The normalized spacial score (nSPS) is 10.3. The van der Waals surface area contributed by atoms with Crippen molar-refractivity contribution < 1.29 is 13.9 Å². The Morgan fingerprint density at radius 1 is 1.40 bits per heavy atom. The van der Waals surface area contributed by atoms with Gasteiger partial charge in [0.25, 0.3) is 0 Å². The zero-order valence-electron chi connectivity index (χ0n) is 11.3. The molecule has 1 aromatic carbocycles. The largest absolute Gasteiger partial charge is 0.461 e. The molecular weight excluding hydrogens is 279 g/mol. The first-order chi connectivity index (χ1) is 9.61. The molecule has 1 heterocycles. The van der Waals surface area contributed by atoms with Gasteiger partial charge in [-0.3, -0.25) is 0 Å². The zero-order valence-corrected chi connectivity index (χ0v) is 12.1. The van der Waals surface area contributed by atoms with Crippen LogP contribution in [-0.4, -0.2) is 16.9 Å². The van der Waals surface area contributed by atoms with Crippen LogP contribution in [-0.2, 0) is 11.3 Å². The average molecular weight is 294 g/mol. The molecule has 0 aliphatic rings. The highest BCUT2D eigenvalue weighted by Gasteiger charge is 2.18. The van der Waals surface area contributed by atoms with Gasteiger partial charge in [-0.2, -0.15) is 4.37 Å². The summed E-state index contributed by atoms with van der Waals surface area (Å²) < 4.78 is 21.9. The first kappa shape index (κ1) is 14.5. The molecule has 0 radical (unpaired) electrons.